The van der Waals surface area contributed by atoms with E-state index in [1.54, 1.807) is 35.8 Å². The molecule has 0 spiro atoms. The zero-order valence-corrected chi connectivity index (χ0v) is 17.9. The number of rotatable bonds is 4. The fraction of sp³-hybridized carbons (Fsp3) is 0.208. The number of anilines is 1. The summed E-state index contributed by atoms with van der Waals surface area (Å²) in [5, 5.41) is 21.6. The second-order valence-electron chi connectivity index (χ2n) is 8.30. The largest absolute Gasteiger partial charge is 0.506 e. The normalized spacial score (nSPS) is 11.5. The van der Waals surface area contributed by atoms with Gasteiger partial charge in [-0.2, -0.15) is 0 Å². The highest BCUT2D eigenvalue weighted by molar-refractivity contribution is 6.09. The van der Waals surface area contributed by atoms with Crippen LogP contribution in [0.3, 0.4) is 0 Å². The molecule has 0 radical (unpaired) electrons. The average Bonchev–Trinajstić information content (AvgIpc) is 3.18. The Balaban J connectivity index is 1.69. The number of nitrogens with zero attached hydrogens (tertiary/aromatic N) is 3. The molecule has 0 saturated heterocycles. The first-order valence-corrected chi connectivity index (χ1v) is 9.91. The molecule has 0 saturated carbocycles. The number of phenols is 1. The third-order valence-electron chi connectivity index (χ3n) is 5.14. The van der Waals surface area contributed by atoms with E-state index >= 15 is 0 Å². The molecule has 0 aliphatic rings. The van der Waals surface area contributed by atoms with Gasteiger partial charge in [0, 0.05) is 11.8 Å². The summed E-state index contributed by atoms with van der Waals surface area (Å²) in [5.41, 5.74) is 2.87. The number of hydrogen-bond donors (Lipinski definition) is 2. The van der Waals surface area contributed by atoms with Crippen molar-refractivity contribution in [2.45, 2.75) is 26.2 Å². The van der Waals surface area contributed by atoms with Crippen LogP contribution in [0.4, 0.5) is 5.69 Å². The van der Waals surface area contributed by atoms with Gasteiger partial charge in [0.1, 0.15) is 11.5 Å². The summed E-state index contributed by atoms with van der Waals surface area (Å²) in [6, 6.07) is 16.2. The molecule has 4 aromatic rings. The van der Waals surface area contributed by atoms with Gasteiger partial charge in [-0.3, -0.25) is 9.20 Å². The Bertz CT molecular complexity index is 1250. The van der Waals surface area contributed by atoms with Crippen LogP contribution in [0.25, 0.3) is 17.0 Å². The molecule has 31 heavy (non-hydrogen) atoms. The number of fused-ring (bicyclic) bond motifs is 1. The molecule has 0 atom stereocenters. The standard InChI is InChI=1S/C24H24N4O3/c1-24(2,3)16-9-12-20(29)19(14-16)25-23(30)18-6-5-13-28-21(26-27-22(18)28)15-7-10-17(31-4)11-8-15/h5-14,29H,1-4H3,(H,25,30). The van der Waals surface area contributed by atoms with Crippen LogP contribution in [-0.4, -0.2) is 32.7 Å². The minimum Gasteiger partial charge on any atom is -0.506 e. The predicted molar refractivity (Wildman–Crippen MR) is 120 cm³/mol. The van der Waals surface area contributed by atoms with Crippen LogP contribution in [0, 0.1) is 0 Å². The van der Waals surface area contributed by atoms with Crippen LogP contribution in [0.15, 0.2) is 60.8 Å². The van der Waals surface area contributed by atoms with E-state index < -0.39 is 0 Å². The van der Waals surface area contributed by atoms with E-state index in [0.717, 1.165) is 16.9 Å². The number of amides is 1. The molecule has 2 aromatic heterocycles. The Morgan fingerprint density at radius 3 is 2.48 bits per heavy atom. The summed E-state index contributed by atoms with van der Waals surface area (Å²) in [6.45, 7) is 6.22. The van der Waals surface area contributed by atoms with Crippen molar-refractivity contribution in [3.63, 3.8) is 0 Å². The number of aromatic nitrogens is 3. The number of carbonyl (C=O) groups is 1. The van der Waals surface area contributed by atoms with E-state index in [-0.39, 0.29) is 17.1 Å². The van der Waals surface area contributed by atoms with Gasteiger partial charge in [-0.05, 0) is 59.5 Å². The molecule has 0 aliphatic carbocycles. The van der Waals surface area contributed by atoms with Crippen LogP contribution < -0.4 is 10.1 Å². The van der Waals surface area contributed by atoms with Crippen molar-refractivity contribution in [1.29, 1.82) is 0 Å². The Kier molecular flexibility index (Phi) is 5.10. The lowest BCUT2D eigenvalue weighted by Gasteiger charge is -2.20. The van der Waals surface area contributed by atoms with Crippen LogP contribution in [0.5, 0.6) is 11.5 Å². The molecule has 2 aromatic carbocycles. The Morgan fingerprint density at radius 1 is 1.06 bits per heavy atom. The van der Waals surface area contributed by atoms with E-state index in [9.17, 15) is 9.90 Å². The topological polar surface area (TPSA) is 88.8 Å². The maximum Gasteiger partial charge on any atom is 0.259 e. The molecule has 0 bridgehead atoms. The molecular formula is C24H24N4O3. The average molecular weight is 416 g/mol. The smallest absolute Gasteiger partial charge is 0.259 e. The van der Waals surface area contributed by atoms with Crippen molar-refractivity contribution in [2.24, 2.45) is 0 Å². The van der Waals surface area contributed by atoms with E-state index in [4.69, 9.17) is 4.74 Å². The summed E-state index contributed by atoms with van der Waals surface area (Å²) >= 11 is 0. The second-order valence-corrected chi connectivity index (χ2v) is 8.30. The van der Waals surface area contributed by atoms with Crippen LogP contribution in [0.2, 0.25) is 0 Å². The first kappa shape index (κ1) is 20.4. The van der Waals surface area contributed by atoms with Crippen molar-refractivity contribution >= 4 is 17.2 Å². The van der Waals surface area contributed by atoms with Gasteiger partial charge in [-0.25, -0.2) is 0 Å². The molecule has 2 heterocycles. The maximum atomic E-state index is 13.1. The fourth-order valence-corrected chi connectivity index (χ4v) is 3.32. The Morgan fingerprint density at radius 2 is 1.81 bits per heavy atom. The van der Waals surface area contributed by atoms with Crippen molar-refractivity contribution in [2.75, 3.05) is 12.4 Å². The molecule has 7 heteroatoms. The monoisotopic (exact) mass is 416 g/mol. The van der Waals surface area contributed by atoms with Gasteiger partial charge >= 0.3 is 0 Å². The third-order valence-corrected chi connectivity index (χ3v) is 5.14. The van der Waals surface area contributed by atoms with Gasteiger partial charge in [0.2, 0.25) is 0 Å². The molecule has 7 nitrogen and oxygen atoms in total. The van der Waals surface area contributed by atoms with Crippen LogP contribution >= 0.6 is 0 Å². The molecule has 4 rings (SSSR count). The van der Waals surface area contributed by atoms with E-state index in [1.165, 1.54) is 0 Å². The number of hydrogen-bond acceptors (Lipinski definition) is 5. The third kappa shape index (κ3) is 3.94. The van der Waals surface area contributed by atoms with Gasteiger partial charge < -0.3 is 15.2 Å². The van der Waals surface area contributed by atoms with Gasteiger partial charge in [-0.15, -0.1) is 10.2 Å². The molecular weight excluding hydrogens is 392 g/mol. The highest BCUT2D eigenvalue weighted by Crippen LogP contribution is 2.31. The van der Waals surface area contributed by atoms with Crippen molar-refractivity contribution in [3.8, 4) is 22.9 Å². The lowest BCUT2D eigenvalue weighted by atomic mass is 9.87. The summed E-state index contributed by atoms with van der Waals surface area (Å²) in [5.74, 6) is 0.995. The van der Waals surface area contributed by atoms with Crippen LogP contribution in [0.1, 0.15) is 36.7 Å². The lowest BCUT2D eigenvalue weighted by Crippen LogP contribution is -2.15. The van der Waals surface area contributed by atoms with E-state index in [2.05, 4.69) is 36.3 Å². The summed E-state index contributed by atoms with van der Waals surface area (Å²) < 4.78 is 6.97. The minimum atomic E-state index is -0.374. The predicted octanol–water partition coefficient (Wildman–Crippen LogP) is 4.66. The first-order chi connectivity index (χ1) is 14.8. The van der Waals surface area contributed by atoms with Crippen molar-refractivity contribution < 1.29 is 14.6 Å². The number of carbonyl (C=O) groups excluding carboxylic acids is 1. The van der Waals surface area contributed by atoms with E-state index in [0.29, 0.717) is 22.7 Å². The Labute approximate surface area is 180 Å². The number of methoxy groups -OCH3 is 1. The van der Waals surface area contributed by atoms with Gasteiger partial charge in [-0.1, -0.05) is 26.8 Å². The summed E-state index contributed by atoms with van der Waals surface area (Å²) in [4.78, 5) is 13.1. The zero-order valence-electron chi connectivity index (χ0n) is 17.9. The fourth-order valence-electron chi connectivity index (χ4n) is 3.32. The molecule has 0 aliphatic heterocycles. The van der Waals surface area contributed by atoms with Crippen LogP contribution in [-0.2, 0) is 5.41 Å². The number of pyridine rings is 1. The van der Waals surface area contributed by atoms with E-state index in [1.807, 2.05) is 36.5 Å². The molecule has 0 unspecified atom stereocenters. The first-order valence-electron chi connectivity index (χ1n) is 9.91. The number of aromatic hydroxyl groups is 1. The minimum absolute atomic E-state index is 0.00805. The molecule has 158 valence electrons. The van der Waals surface area contributed by atoms with Crippen molar-refractivity contribution in [3.05, 3.63) is 71.9 Å². The lowest BCUT2D eigenvalue weighted by molar-refractivity contribution is 0.102. The number of nitrogens with one attached hydrogen (secondary N) is 1. The number of benzene rings is 2. The van der Waals surface area contributed by atoms with Gasteiger partial charge in [0.15, 0.2) is 11.5 Å². The van der Waals surface area contributed by atoms with Gasteiger partial charge in [0.05, 0.1) is 18.4 Å². The highest BCUT2D eigenvalue weighted by atomic mass is 16.5. The molecule has 0 fully saturated rings. The Hall–Kier alpha value is -3.87. The summed E-state index contributed by atoms with van der Waals surface area (Å²) in [6.07, 6.45) is 1.81. The number of phenolic OH excluding ortho intramolecular Hbond substituents is 1. The molecule has 1 amide bonds. The van der Waals surface area contributed by atoms with Gasteiger partial charge in [0.25, 0.3) is 5.91 Å². The maximum absolute atomic E-state index is 13.1. The SMILES string of the molecule is COc1ccc(-c2nnc3c(C(=O)Nc4cc(C(C)(C)C)ccc4O)cccn23)cc1. The zero-order chi connectivity index (χ0) is 22.2. The molecule has 2 N–H and O–H groups in total. The second kappa shape index (κ2) is 7.75. The number of ether oxygens (including phenoxy) is 1. The quantitative estimate of drug-likeness (QED) is 0.472. The van der Waals surface area contributed by atoms with Crippen molar-refractivity contribution in [1.82, 2.24) is 14.6 Å². The summed E-state index contributed by atoms with van der Waals surface area (Å²) in [7, 11) is 1.61. The highest BCUT2D eigenvalue weighted by Gasteiger charge is 2.19.